The van der Waals surface area contributed by atoms with E-state index in [9.17, 15) is 10.1 Å². The average Bonchev–Trinajstić information content (AvgIpc) is 2.72. The van der Waals surface area contributed by atoms with Crippen LogP contribution in [-0.2, 0) is 6.54 Å². The van der Waals surface area contributed by atoms with Crippen molar-refractivity contribution in [3.63, 3.8) is 0 Å². The molecule has 1 heterocycles. The van der Waals surface area contributed by atoms with Crippen LogP contribution in [0.3, 0.4) is 0 Å². The monoisotopic (exact) mass is 266 g/mol. The molecule has 0 amide bonds. The Balaban J connectivity index is 2.20. The Morgan fingerprint density at radius 3 is 2.83 bits per heavy atom. The highest BCUT2D eigenvalue weighted by atomic mass is 35.5. The van der Waals surface area contributed by atoms with Crippen molar-refractivity contribution in [3.8, 4) is 0 Å². The first-order valence-corrected chi connectivity index (χ1v) is 5.66. The summed E-state index contributed by atoms with van der Waals surface area (Å²) in [5.41, 5.74) is 1.36. The maximum absolute atomic E-state index is 10.9. The van der Waals surface area contributed by atoms with E-state index < -0.39 is 4.92 Å². The lowest BCUT2D eigenvalue weighted by Gasteiger charge is -2.06. The Bertz CT molecular complexity index is 580. The van der Waals surface area contributed by atoms with E-state index in [0.717, 1.165) is 11.3 Å². The van der Waals surface area contributed by atoms with Crippen LogP contribution in [0.25, 0.3) is 0 Å². The van der Waals surface area contributed by atoms with Crippen LogP contribution in [0, 0.1) is 17.0 Å². The van der Waals surface area contributed by atoms with Gasteiger partial charge >= 0.3 is 0 Å². The van der Waals surface area contributed by atoms with Crippen LogP contribution in [0.5, 0.6) is 0 Å². The Morgan fingerprint density at radius 1 is 1.44 bits per heavy atom. The molecular formula is C12H11ClN2O3. The number of halogens is 1. The van der Waals surface area contributed by atoms with Crippen LogP contribution in [0.1, 0.15) is 11.3 Å². The summed E-state index contributed by atoms with van der Waals surface area (Å²) >= 11 is 5.83. The zero-order chi connectivity index (χ0) is 13.1. The summed E-state index contributed by atoms with van der Waals surface area (Å²) in [6.07, 6.45) is 1.58. The van der Waals surface area contributed by atoms with Crippen LogP contribution in [0.15, 0.2) is 34.9 Å². The van der Waals surface area contributed by atoms with Gasteiger partial charge in [0.15, 0.2) is 0 Å². The number of nitro groups is 1. The van der Waals surface area contributed by atoms with E-state index in [-0.39, 0.29) is 5.69 Å². The van der Waals surface area contributed by atoms with Crippen molar-refractivity contribution in [2.24, 2.45) is 0 Å². The van der Waals surface area contributed by atoms with E-state index in [0.29, 0.717) is 17.3 Å². The molecule has 0 fully saturated rings. The number of nitrogens with zero attached hydrogens (tertiary/aromatic N) is 1. The molecule has 0 saturated carbocycles. The van der Waals surface area contributed by atoms with Crippen LogP contribution >= 0.6 is 11.6 Å². The van der Waals surface area contributed by atoms with Crippen molar-refractivity contribution in [1.82, 2.24) is 0 Å². The summed E-state index contributed by atoms with van der Waals surface area (Å²) in [6.45, 7) is 2.28. The standard InChI is InChI=1S/C12H11ClN2O3/c1-8-4-5-18-12(8)7-14-10-6-9(13)2-3-11(10)15(16)17/h2-6,14H,7H2,1H3. The van der Waals surface area contributed by atoms with E-state index >= 15 is 0 Å². The van der Waals surface area contributed by atoms with E-state index in [1.165, 1.54) is 18.2 Å². The second-order valence-electron chi connectivity index (χ2n) is 3.80. The Hall–Kier alpha value is -2.01. The van der Waals surface area contributed by atoms with Gasteiger partial charge in [0.25, 0.3) is 5.69 Å². The minimum atomic E-state index is -0.451. The molecular weight excluding hydrogens is 256 g/mol. The topological polar surface area (TPSA) is 68.3 Å². The van der Waals surface area contributed by atoms with Crippen molar-refractivity contribution in [3.05, 3.63) is 57.0 Å². The average molecular weight is 267 g/mol. The van der Waals surface area contributed by atoms with Crippen molar-refractivity contribution >= 4 is 23.0 Å². The molecule has 5 nitrogen and oxygen atoms in total. The Morgan fingerprint density at radius 2 is 2.22 bits per heavy atom. The van der Waals surface area contributed by atoms with E-state index in [1.807, 2.05) is 13.0 Å². The minimum Gasteiger partial charge on any atom is -0.467 e. The molecule has 1 aromatic heterocycles. The molecule has 2 aromatic rings. The van der Waals surface area contributed by atoms with Gasteiger partial charge in [-0.15, -0.1) is 0 Å². The maximum Gasteiger partial charge on any atom is 0.292 e. The highest BCUT2D eigenvalue weighted by Crippen LogP contribution is 2.28. The van der Waals surface area contributed by atoms with Crippen LogP contribution in [-0.4, -0.2) is 4.92 Å². The first-order chi connectivity index (χ1) is 8.58. The number of aryl methyl sites for hydroxylation is 1. The molecule has 6 heteroatoms. The molecule has 0 saturated heterocycles. The number of furan rings is 1. The Labute approximate surface area is 109 Å². The lowest BCUT2D eigenvalue weighted by atomic mass is 10.2. The van der Waals surface area contributed by atoms with Gasteiger partial charge in [-0.1, -0.05) is 11.6 Å². The first-order valence-electron chi connectivity index (χ1n) is 5.28. The first kappa shape index (κ1) is 12.4. The van der Waals surface area contributed by atoms with Gasteiger partial charge in [-0.05, 0) is 30.7 Å². The highest BCUT2D eigenvalue weighted by Gasteiger charge is 2.14. The number of hydrogen-bond acceptors (Lipinski definition) is 4. The van der Waals surface area contributed by atoms with E-state index in [4.69, 9.17) is 16.0 Å². The summed E-state index contributed by atoms with van der Waals surface area (Å²) in [4.78, 5) is 10.4. The molecule has 94 valence electrons. The number of hydrogen-bond donors (Lipinski definition) is 1. The third-order valence-electron chi connectivity index (χ3n) is 2.56. The minimum absolute atomic E-state index is 0.0105. The number of nitro benzene ring substituents is 1. The largest absolute Gasteiger partial charge is 0.467 e. The Kier molecular flexibility index (Phi) is 3.53. The van der Waals surface area contributed by atoms with Crippen LogP contribution in [0.4, 0.5) is 11.4 Å². The summed E-state index contributed by atoms with van der Waals surface area (Å²) in [7, 11) is 0. The van der Waals surface area contributed by atoms with Gasteiger partial charge in [-0.25, -0.2) is 0 Å². The fourth-order valence-corrected chi connectivity index (χ4v) is 1.74. The number of benzene rings is 1. The fraction of sp³-hybridized carbons (Fsp3) is 0.167. The fourth-order valence-electron chi connectivity index (χ4n) is 1.57. The lowest BCUT2D eigenvalue weighted by molar-refractivity contribution is -0.384. The third-order valence-corrected chi connectivity index (χ3v) is 2.80. The smallest absolute Gasteiger partial charge is 0.292 e. The highest BCUT2D eigenvalue weighted by molar-refractivity contribution is 6.31. The molecule has 0 unspecified atom stereocenters. The van der Waals surface area contributed by atoms with Gasteiger partial charge < -0.3 is 9.73 Å². The molecule has 0 spiro atoms. The van der Waals surface area contributed by atoms with Gasteiger partial charge in [0.2, 0.25) is 0 Å². The van der Waals surface area contributed by atoms with Gasteiger partial charge in [-0.3, -0.25) is 10.1 Å². The van der Waals surface area contributed by atoms with Gasteiger partial charge in [0, 0.05) is 11.1 Å². The zero-order valence-corrected chi connectivity index (χ0v) is 10.4. The molecule has 2 rings (SSSR count). The summed E-state index contributed by atoms with van der Waals surface area (Å²) in [5, 5.41) is 14.3. The normalized spacial score (nSPS) is 10.3. The van der Waals surface area contributed by atoms with Crippen molar-refractivity contribution in [1.29, 1.82) is 0 Å². The van der Waals surface area contributed by atoms with Crippen molar-refractivity contribution < 1.29 is 9.34 Å². The molecule has 0 aliphatic carbocycles. The van der Waals surface area contributed by atoms with Crippen molar-refractivity contribution in [2.45, 2.75) is 13.5 Å². The second-order valence-corrected chi connectivity index (χ2v) is 4.24. The molecule has 1 N–H and O–H groups in total. The molecule has 0 aliphatic heterocycles. The van der Waals surface area contributed by atoms with Crippen LogP contribution in [0.2, 0.25) is 5.02 Å². The summed E-state index contributed by atoms with van der Waals surface area (Å²) < 4.78 is 5.25. The molecule has 0 atom stereocenters. The van der Waals surface area contributed by atoms with Gasteiger partial charge in [-0.2, -0.15) is 0 Å². The van der Waals surface area contributed by atoms with Gasteiger partial charge in [0.05, 0.1) is 17.7 Å². The van der Waals surface area contributed by atoms with E-state index in [2.05, 4.69) is 5.32 Å². The predicted octanol–water partition coefficient (Wildman–Crippen LogP) is 3.76. The van der Waals surface area contributed by atoms with Crippen molar-refractivity contribution in [2.75, 3.05) is 5.32 Å². The second kappa shape index (κ2) is 5.10. The van der Waals surface area contributed by atoms with E-state index in [1.54, 1.807) is 6.26 Å². The zero-order valence-electron chi connectivity index (χ0n) is 9.64. The van der Waals surface area contributed by atoms with Crippen LogP contribution < -0.4 is 5.32 Å². The molecule has 18 heavy (non-hydrogen) atoms. The summed E-state index contributed by atoms with van der Waals surface area (Å²) in [5.74, 6) is 0.740. The maximum atomic E-state index is 10.9. The predicted molar refractivity (Wildman–Crippen MR) is 68.9 cm³/mol. The molecule has 0 aliphatic rings. The lowest BCUT2D eigenvalue weighted by Crippen LogP contribution is -2.02. The quantitative estimate of drug-likeness (QED) is 0.676. The summed E-state index contributed by atoms with van der Waals surface area (Å²) in [6, 6.07) is 6.23. The third kappa shape index (κ3) is 2.62. The molecule has 0 radical (unpaired) electrons. The molecule has 0 bridgehead atoms. The molecule has 1 aromatic carbocycles. The van der Waals surface area contributed by atoms with Gasteiger partial charge in [0.1, 0.15) is 11.4 Å². The number of anilines is 1. The number of nitrogens with one attached hydrogen (secondary N) is 1. The number of rotatable bonds is 4. The SMILES string of the molecule is Cc1ccoc1CNc1cc(Cl)ccc1[N+](=O)[O-].